The van der Waals surface area contributed by atoms with E-state index in [0.29, 0.717) is 13.0 Å². The Morgan fingerprint density at radius 1 is 1.29 bits per heavy atom. The molecule has 0 aliphatic rings. The summed E-state index contributed by atoms with van der Waals surface area (Å²) < 4.78 is 1.74. The molecule has 0 unspecified atom stereocenters. The van der Waals surface area contributed by atoms with E-state index in [1.54, 1.807) is 17.9 Å². The van der Waals surface area contributed by atoms with Crippen LogP contribution >= 0.6 is 0 Å². The van der Waals surface area contributed by atoms with Crippen molar-refractivity contribution < 1.29 is 9.85 Å². The Morgan fingerprint density at radius 3 is 2.62 bits per heavy atom. The molecule has 0 aliphatic carbocycles. The highest BCUT2D eigenvalue weighted by Crippen LogP contribution is 2.28. The normalized spacial score (nSPS) is 10.3. The number of nitro benzene ring substituents is 2. The van der Waals surface area contributed by atoms with Crippen molar-refractivity contribution in [2.75, 3.05) is 11.9 Å². The van der Waals surface area contributed by atoms with Crippen molar-refractivity contribution in [1.29, 1.82) is 0 Å². The lowest BCUT2D eigenvalue weighted by Gasteiger charge is -2.06. The zero-order chi connectivity index (χ0) is 15.4. The van der Waals surface area contributed by atoms with Crippen molar-refractivity contribution in [3.8, 4) is 0 Å². The van der Waals surface area contributed by atoms with Crippen molar-refractivity contribution in [2.24, 2.45) is 7.05 Å². The van der Waals surface area contributed by atoms with Gasteiger partial charge in [-0.25, -0.2) is 0 Å². The van der Waals surface area contributed by atoms with Crippen LogP contribution in [0.15, 0.2) is 24.5 Å². The summed E-state index contributed by atoms with van der Waals surface area (Å²) in [5.74, 6) is 0.729. The van der Waals surface area contributed by atoms with Gasteiger partial charge in [-0.2, -0.15) is 0 Å². The fourth-order valence-corrected chi connectivity index (χ4v) is 1.78. The Labute approximate surface area is 118 Å². The third kappa shape index (κ3) is 3.29. The summed E-state index contributed by atoms with van der Waals surface area (Å²) in [5.41, 5.74) is -0.421. The largest absolute Gasteiger partial charge is 0.379 e. The van der Waals surface area contributed by atoms with Gasteiger partial charge in [-0.15, -0.1) is 10.2 Å². The predicted octanol–water partition coefficient (Wildman–Crippen LogP) is 1.29. The van der Waals surface area contributed by atoms with Crippen LogP contribution in [-0.4, -0.2) is 31.2 Å². The van der Waals surface area contributed by atoms with Gasteiger partial charge >= 0.3 is 0 Å². The molecule has 0 bridgehead atoms. The zero-order valence-corrected chi connectivity index (χ0v) is 11.1. The van der Waals surface area contributed by atoms with Crippen LogP contribution in [0.3, 0.4) is 0 Å². The first-order chi connectivity index (χ1) is 9.99. The standard InChI is InChI=1S/C11H12N6O4/c1-15-7-13-14-11(15)4-5-12-9-3-2-8(16(18)19)6-10(9)17(20)21/h2-3,6-7,12H,4-5H2,1H3. The summed E-state index contributed by atoms with van der Waals surface area (Å²) in [7, 11) is 1.80. The smallest absolute Gasteiger partial charge is 0.299 e. The predicted molar refractivity (Wildman–Crippen MR) is 72.9 cm³/mol. The number of anilines is 1. The second-order valence-corrected chi connectivity index (χ2v) is 4.25. The van der Waals surface area contributed by atoms with Crippen molar-refractivity contribution in [1.82, 2.24) is 14.8 Å². The lowest BCUT2D eigenvalue weighted by atomic mass is 10.2. The van der Waals surface area contributed by atoms with Crippen LogP contribution in [0.4, 0.5) is 17.1 Å². The monoisotopic (exact) mass is 292 g/mol. The molecule has 1 aromatic heterocycles. The van der Waals surface area contributed by atoms with Crippen LogP contribution in [0.1, 0.15) is 5.82 Å². The van der Waals surface area contributed by atoms with E-state index in [-0.39, 0.29) is 17.1 Å². The number of aromatic nitrogens is 3. The molecule has 0 atom stereocenters. The third-order valence-corrected chi connectivity index (χ3v) is 2.86. The maximum Gasteiger partial charge on any atom is 0.299 e. The number of hydrogen-bond acceptors (Lipinski definition) is 7. The molecule has 110 valence electrons. The van der Waals surface area contributed by atoms with Gasteiger partial charge in [0.2, 0.25) is 0 Å². The van der Waals surface area contributed by atoms with E-state index in [4.69, 9.17) is 0 Å². The number of non-ortho nitro benzene ring substituents is 1. The van der Waals surface area contributed by atoms with Gasteiger partial charge in [0.05, 0.1) is 15.9 Å². The summed E-state index contributed by atoms with van der Waals surface area (Å²) in [6, 6.07) is 3.48. The molecule has 0 saturated carbocycles. The van der Waals surface area contributed by atoms with Crippen LogP contribution in [0.2, 0.25) is 0 Å². The number of hydrogen-bond donors (Lipinski definition) is 1. The van der Waals surface area contributed by atoms with E-state index in [1.807, 2.05) is 0 Å². The molecule has 1 heterocycles. The Morgan fingerprint density at radius 2 is 2.05 bits per heavy atom. The van der Waals surface area contributed by atoms with Crippen molar-refractivity contribution in [3.05, 3.63) is 50.6 Å². The Hall–Kier alpha value is -3.04. The third-order valence-electron chi connectivity index (χ3n) is 2.86. The first kappa shape index (κ1) is 14.4. The van der Waals surface area contributed by atoms with Gasteiger partial charge < -0.3 is 9.88 Å². The lowest BCUT2D eigenvalue weighted by Crippen LogP contribution is -2.10. The molecule has 0 aliphatic heterocycles. The van der Waals surface area contributed by atoms with Crippen LogP contribution in [0.25, 0.3) is 0 Å². The SMILES string of the molecule is Cn1cnnc1CCNc1ccc([N+](=O)[O-])cc1[N+](=O)[O-]. The molecule has 0 radical (unpaired) electrons. The molecule has 0 spiro atoms. The van der Waals surface area contributed by atoms with Crippen molar-refractivity contribution in [3.63, 3.8) is 0 Å². The molecule has 21 heavy (non-hydrogen) atoms. The maximum absolute atomic E-state index is 11.0. The van der Waals surface area contributed by atoms with Crippen LogP contribution in [-0.2, 0) is 13.5 Å². The summed E-state index contributed by atoms with van der Waals surface area (Å²) in [5, 5.41) is 32.1. The minimum Gasteiger partial charge on any atom is -0.379 e. The van der Waals surface area contributed by atoms with Gasteiger partial charge in [0.1, 0.15) is 17.8 Å². The number of benzene rings is 1. The fourth-order valence-electron chi connectivity index (χ4n) is 1.78. The summed E-state index contributed by atoms with van der Waals surface area (Å²) in [6.45, 7) is 0.394. The Kier molecular flexibility index (Phi) is 4.07. The Bertz CT molecular complexity index is 683. The highest BCUT2D eigenvalue weighted by molar-refractivity contribution is 5.65. The molecule has 2 aromatic rings. The molecule has 10 heteroatoms. The van der Waals surface area contributed by atoms with Gasteiger partial charge in [-0.3, -0.25) is 20.2 Å². The van der Waals surface area contributed by atoms with E-state index in [9.17, 15) is 20.2 Å². The molecular formula is C11H12N6O4. The van der Waals surface area contributed by atoms with E-state index in [0.717, 1.165) is 11.9 Å². The first-order valence-corrected chi connectivity index (χ1v) is 5.98. The highest BCUT2D eigenvalue weighted by Gasteiger charge is 2.19. The van der Waals surface area contributed by atoms with Crippen LogP contribution in [0.5, 0.6) is 0 Å². The molecule has 0 fully saturated rings. The van der Waals surface area contributed by atoms with Gasteiger partial charge in [0, 0.05) is 26.1 Å². The van der Waals surface area contributed by atoms with Crippen molar-refractivity contribution >= 4 is 17.1 Å². The molecule has 10 nitrogen and oxygen atoms in total. The topological polar surface area (TPSA) is 129 Å². The molecule has 0 saturated heterocycles. The average molecular weight is 292 g/mol. The summed E-state index contributed by atoms with van der Waals surface area (Å²) in [4.78, 5) is 20.3. The molecule has 1 aromatic carbocycles. The number of nitro groups is 2. The van der Waals surface area contributed by atoms with Gasteiger partial charge in [0.25, 0.3) is 11.4 Å². The molecule has 0 amide bonds. The summed E-state index contributed by atoms with van der Waals surface area (Å²) in [6.07, 6.45) is 2.08. The van der Waals surface area contributed by atoms with Gasteiger partial charge in [-0.05, 0) is 6.07 Å². The average Bonchev–Trinajstić information content (AvgIpc) is 2.84. The number of aryl methyl sites for hydroxylation is 1. The van der Waals surface area contributed by atoms with E-state index >= 15 is 0 Å². The van der Waals surface area contributed by atoms with Gasteiger partial charge in [0.15, 0.2) is 0 Å². The minimum absolute atomic E-state index is 0.229. The van der Waals surface area contributed by atoms with Gasteiger partial charge in [-0.1, -0.05) is 0 Å². The molecular weight excluding hydrogens is 280 g/mol. The summed E-state index contributed by atoms with van der Waals surface area (Å²) >= 11 is 0. The quantitative estimate of drug-likeness (QED) is 0.627. The second kappa shape index (κ2) is 5.94. The van der Waals surface area contributed by atoms with E-state index in [2.05, 4.69) is 15.5 Å². The minimum atomic E-state index is -0.670. The second-order valence-electron chi connectivity index (χ2n) is 4.25. The van der Waals surface area contributed by atoms with E-state index < -0.39 is 9.85 Å². The number of nitrogens with zero attached hydrogens (tertiary/aromatic N) is 5. The van der Waals surface area contributed by atoms with Crippen LogP contribution in [0, 0.1) is 20.2 Å². The number of rotatable bonds is 6. The fraction of sp³-hybridized carbons (Fsp3) is 0.273. The molecule has 1 N–H and O–H groups in total. The maximum atomic E-state index is 11.0. The first-order valence-electron chi connectivity index (χ1n) is 5.98. The van der Waals surface area contributed by atoms with Crippen molar-refractivity contribution in [2.45, 2.75) is 6.42 Å². The highest BCUT2D eigenvalue weighted by atomic mass is 16.6. The lowest BCUT2D eigenvalue weighted by molar-refractivity contribution is -0.393. The number of nitrogens with one attached hydrogen (secondary N) is 1. The Balaban J connectivity index is 2.10. The van der Waals surface area contributed by atoms with E-state index in [1.165, 1.54) is 12.1 Å². The molecule has 2 rings (SSSR count). The van der Waals surface area contributed by atoms with Crippen LogP contribution < -0.4 is 5.32 Å². The zero-order valence-electron chi connectivity index (χ0n) is 11.1.